The summed E-state index contributed by atoms with van der Waals surface area (Å²) in [5.41, 5.74) is 2.01. The van der Waals surface area contributed by atoms with Gasteiger partial charge in [-0.25, -0.2) is 4.99 Å². The van der Waals surface area contributed by atoms with Crippen LogP contribution in [0.4, 0.5) is 5.69 Å². The molecule has 0 unspecified atom stereocenters. The summed E-state index contributed by atoms with van der Waals surface area (Å²) >= 11 is 0. The van der Waals surface area contributed by atoms with Gasteiger partial charge in [-0.3, -0.25) is 9.69 Å². The van der Waals surface area contributed by atoms with Gasteiger partial charge in [0.15, 0.2) is 5.96 Å². The standard InChI is InChI=1S/C19H31N5O2.HI/c1-3-16-6-5-7-17(14-16)23-18(25)15-22-19(20-4-2)21-8-9-24-10-12-26-13-11-24;/h5-7,14H,3-4,8-13,15H2,1-2H3,(H,23,25)(H2,20,21,22);1H. The van der Waals surface area contributed by atoms with Crippen LogP contribution in [0.3, 0.4) is 0 Å². The predicted octanol–water partition coefficient (Wildman–Crippen LogP) is 1.69. The number of nitrogens with zero attached hydrogens (tertiary/aromatic N) is 2. The Balaban J connectivity index is 0.00000364. The number of ether oxygens (including phenoxy) is 1. The highest BCUT2D eigenvalue weighted by Gasteiger charge is 2.10. The quantitative estimate of drug-likeness (QED) is 0.295. The van der Waals surface area contributed by atoms with Crippen molar-refractivity contribution in [1.82, 2.24) is 15.5 Å². The van der Waals surface area contributed by atoms with Gasteiger partial charge in [0.25, 0.3) is 0 Å². The fourth-order valence-electron chi connectivity index (χ4n) is 2.72. The van der Waals surface area contributed by atoms with E-state index in [1.807, 2.05) is 25.1 Å². The molecule has 1 aliphatic rings. The normalized spacial score (nSPS) is 15.0. The van der Waals surface area contributed by atoms with E-state index in [0.29, 0.717) is 5.96 Å². The molecule has 1 amide bonds. The van der Waals surface area contributed by atoms with E-state index in [0.717, 1.165) is 58.0 Å². The maximum Gasteiger partial charge on any atom is 0.246 e. The van der Waals surface area contributed by atoms with E-state index in [2.05, 4.69) is 38.8 Å². The molecule has 3 N–H and O–H groups in total. The molecular formula is C19H32IN5O2. The third kappa shape index (κ3) is 9.39. The molecule has 0 radical (unpaired) electrons. The zero-order chi connectivity index (χ0) is 18.6. The summed E-state index contributed by atoms with van der Waals surface area (Å²) in [6.45, 7) is 10.2. The second-order valence-electron chi connectivity index (χ2n) is 6.18. The number of anilines is 1. The van der Waals surface area contributed by atoms with Crippen LogP contribution < -0.4 is 16.0 Å². The lowest BCUT2D eigenvalue weighted by Crippen LogP contribution is -2.44. The number of rotatable bonds is 8. The van der Waals surface area contributed by atoms with E-state index in [4.69, 9.17) is 4.74 Å². The van der Waals surface area contributed by atoms with E-state index in [-0.39, 0.29) is 36.4 Å². The van der Waals surface area contributed by atoms with Gasteiger partial charge in [0, 0.05) is 38.4 Å². The molecule has 0 atom stereocenters. The molecule has 0 aromatic heterocycles. The van der Waals surface area contributed by atoms with Crippen LogP contribution in [0.25, 0.3) is 0 Å². The predicted molar refractivity (Wildman–Crippen MR) is 121 cm³/mol. The molecule has 0 aliphatic carbocycles. The molecular weight excluding hydrogens is 457 g/mol. The van der Waals surface area contributed by atoms with E-state index in [9.17, 15) is 4.79 Å². The molecule has 27 heavy (non-hydrogen) atoms. The van der Waals surface area contributed by atoms with Gasteiger partial charge in [0.1, 0.15) is 6.54 Å². The molecule has 0 bridgehead atoms. The topological polar surface area (TPSA) is 78.0 Å². The number of carbonyl (C=O) groups excluding carboxylic acids is 1. The van der Waals surface area contributed by atoms with Crippen molar-refractivity contribution in [3.63, 3.8) is 0 Å². The highest BCUT2D eigenvalue weighted by Crippen LogP contribution is 2.10. The SMILES string of the molecule is CCNC(=NCC(=O)Nc1cccc(CC)c1)NCCN1CCOCC1.I. The zero-order valence-corrected chi connectivity index (χ0v) is 18.6. The molecule has 152 valence electrons. The Kier molecular flexibility index (Phi) is 12.0. The zero-order valence-electron chi connectivity index (χ0n) is 16.3. The van der Waals surface area contributed by atoms with Crippen molar-refractivity contribution in [2.45, 2.75) is 20.3 Å². The van der Waals surface area contributed by atoms with Crippen LogP contribution in [-0.2, 0) is 16.0 Å². The van der Waals surface area contributed by atoms with Gasteiger partial charge in [-0.15, -0.1) is 24.0 Å². The minimum atomic E-state index is -0.122. The third-order valence-electron chi connectivity index (χ3n) is 4.17. The number of aryl methyl sites for hydroxylation is 1. The van der Waals surface area contributed by atoms with Crippen molar-refractivity contribution >= 4 is 41.5 Å². The minimum absolute atomic E-state index is 0. The largest absolute Gasteiger partial charge is 0.379 e. The van der Waals surface area contributed by atoms with Crippen LogP contribution in [0.15, 0.2) is 29.3 Å². The smallest absolute Gasteiger partial charge is 0.246 e. The number of hydrogen-bond acceptors (Lipinski definition) is 4. The maximum atomic E-state index is 12.1. The van der Waals surface area contributed by atoms with Crippen molar-refractivity contribution in [2.75, 3.05) is 57.8 Å². The number of morpholine rings is 1. The van der Waals surface area contributed by atoms with Crippen molar-refractivity contribution in [1.29, 1.82) is 0 Å². The van der Waals surface area contributed by atoms with Gasteiger partial charge >= 0.3 is 0 Å². The molecule has 8 heteroatoms. The second-order valence-corrected chi connectivity index (χ2v) is 6.18. The number of hydrogen-bond donors (Lipinski definition) is 3. The third-order valence-corrected chi connectivity index (χ3v) is 4.17. The summed E-state index contributed by atoms with van der Waals surface area (Å²) in [5, 5.41) is 9.35. The van der Waals surface area contributed by atoms with Crippen molar-refractivity contribution in [3.8, 4) is 0 Å². The van der Waals surface area contributed by atoms with Crippen molar-refractivity contribution < 1.29 is 9.53 Å². The number of guanidine groups is 1. The summed E-state index contributed by atoms with van der Waals surface area (Å²) < 4.78 is 5.35. The van der Waals surface area contributed by atoms with Gasteiger partial charge in [-0.1, -0.05) is 19.1 Å². The Hall–Kier alpha value is -1.39. The summed E-state index contributed by atoms with van der Waals surface area (Å²) in [4.78, 5) is 18.9. The molecule has 1 aromatic rings. The molecule has 1 saturated heterocycles. The fraction of sp³-hybridized carbons (Fsp3) is 0.579. The number of benzene rings is 1. The first-order chi connectivity index (χ1) is 12.7. The van der Waals surface area contributed by atoms with Crippen LogP contribution in [0, 0.1) is 0 Å². The Morgan fingerprint density at radius 2 is 2.00 bits per heavy atom. The highest BCUT2D eigenvalue weighted by atomic mass is 127. The average Bonchev–Trinajstić information content (AvgIpc) is 2.67. The molecule has 2 rings (SSSR count). The van der Waals surface area contributed by atoms with Crippen LogP contribution in [0.5, 0.6) is 0 Å². The number of nitrogens with one attached hydrogen (secondary N) is 3. The molecule has 1 aromatic carbocycles. The Labute approximate surface area is 179 Å². The molecule has 0 spiro atoms. The van der Waals surface area contributed by atoms with E-state index in [1.54, 1.807) is 0 Å². The maximum absolute atomic E-state index is 12.1. The monoisotopic (exact) mass is 489 g/mol. The summed E-state index contributed by atoms with van der Waals surface area (Å²) in [6.07, 6.45) is 0.944. The van der Waals surface area contributed by atoms with Gasteiger partial charge in [-0.2, -0.15) is 0 Å². The number of aliphatic imine (C=N–C) groups is 1. The molecule has 1 fully saturated rings. The van der Waals surface area contributed by atoms with Crippen molar-refractivity contribution in [3.05, 3.63) is 29.8 Å². The summed E-state index contributed by atoms with van der Waals surface area (Å²) in [7, 11) is 0. The van der Waals surface area contributed by atoms with Crippen LogP contribution in [0.1, 0.15) is 19.4 Å². The fourth-order valence-corrected chi connectivity index (χ4v) is 2.72. The van der Waals surface area contributed by atoms with E-state index in [1.165, 1.54) is 5.56 Å². The van der Waals surface area contributed by atoms with Gasteiger partial charge in [0.2, 0.25) is 5.91 Å². The lowest BCUT2D eigenvalue weighted by Gasteiger charge is -2.26. The summed E-state index contributed by atoms with van der Waals surface area (Å²) in [5.74, 6) is 0.543. The number of carbonyl (C=O) groups is 1. The van der Waals surface area contributed by atoms with E-state index < -0.39 is 0 Å². The molecule has 0 saturated carbocycles. The first-order valence-corrected chi connectivity index (χ1v) is 9.42. The number of halogens is 1. The second kappa shape index (κ2) is 13.7. The van der Waals surface area contributed by atoms with Gasteiger partial charge in [-0.05, 0) is 31.0 Å². The van der Waals surface area contributed by atoms with Crippen molar-refractivity contribution in [2.24, 2.45) is 4.99 Å². The van der Waals surface area contributed by atoms with Crippen LogP contribution >= 0.6 is 24.0 Å². The van der Waals surface area contributed by atoms with Gasteiger partial charge in [0.05, 0.1) is 13.2 Å². The minimum Gasteiger partial charge on any atom is -0.379 e. The van der Waals surface area contributed by atoms with E-state index >= 15 is 0 Å². The first kappa shape index (κ1) is 23.6. The number of amides is 1. The highest BCUT2D eigenvalue weighted by molar-refractivity contribution is 14.0. The van der Waals surface area contributed by atoms with Gasteiger partial charge < -0.3 is 20.7 Å². The summed E-state index contributed by atoms with van der Waals surface area (Å²) in [6, 6.07) is 7.89. The first-order valence-electron chi connectivity index (χ1n) is 9.42. The Morgan fingerprint density at radius 1 is 1.22 bits per heavy atom. The molecule has 1 heterocycles. The Bertz CT molecular complexity index is 591. The van der Waals surface area contributed by atoms with Crippen LogP contribution in [-0.4, -0.2) is 69.2 Å². The lowest BCUT2D eigenvalue weighted by atomic mass is 10.1. The molecule has 7 nitrogen and oxygen atoms in total. The van der Waals surface area contributed by atoms with Crippen LogP contribution in [0.2, 0.25) is 0 Å². The average molecular weight is 489 g/mol. The lowest BCUT2D eigenvalue weighted by molar-refractivity contribution is -0.114. The molecule has 1 aliphatic heterocycles. The Morgan fingerprint density at radius 3 is 2.70 bits per heavy atom.